The largest absolute Gasteiger partial charge is 0.573 e. The molecule has 0 radical (unpaired) electrons. The molecule has 0 saturated heterocycles. The molecule has 0 aromatic carbocycles. The minimum absolute atomic E-state index is 0.0301. The van der Waals surface area contributed by atoms with E-state index in [4.69, 9.17) is 16.7 Å². The molecule has 5 nitrogen and oxygen atoms in total. The number of alkyl halides is 4. The number of carbonyl (C=O) groups is 1. The van der Waals surface area contributed by atoms with Gasteiger partial charge in [-0.15, -0.1) is 24.8 Å². The van der Waals surface area contributed by atoms with E-state index in [9.17, 15) is 18.0 Å². The van der Waals surface area contributed by atoms with Gasteiger partial charge in [-0.2, -0.15) is 0 Å². The summed E-state index contributed by atoms with van der Waals surface area (Å²) in [4.78, 5) is 14.2. The second kappa shape index (κ2) is 5.96. The molecule has 0 amide bonds. The lowest BCUT2D eigenvalue weighted by atomic mass is 10.1. The van der Waals surface area contributed by atoms with Crippen LogP contribution in [0.15, 0.2) is 6.20 Å². The van der Waals surface area contributed by atoms with E-state index < -0.39 is 30.4 Å². The van der Waals surface area contributed by atoms with Gasteiger partial charge in [0.15, 0.2) is 5.75 Å². The normalized spacial score (nSPS) is 11.2. The van der Waals surface area contributed by atoms with Crippen LogP contribution >= 0.6 is 11.6 Å². The molecule has 0 unspecified atom stereocenters. The van der Waals surface area contributed by atoms with Gasteiger partial charge in [0, 0.05) is 11.8 Å². The predicted molar refractivity (Wildman–Crippen MR) is 58.4 cm³/mol. The monoisotopic (exact) mass is 299 g/mol. The average Bonchev–Trinajstić information content (AvgIpc) is 2.27. The van der Waals surface area contributed by atoms with Crippen LogP contribution in [0.25, 0.3) is 0 Å². The highest BCUT2D eigenvalue weighted by Gasteiger charge is 2.34. The number of hydrogen-bond donors (Lipinski definition) is 1. The molecular weight excluding hydrogens is 291 g/mol. The third-order valence-corrected chi connectivity index (χ3v) is 2.35. The Labute approximate surface area is 110 Å². The molecule has 1 aromatic heterocycles. The standard InChI is InChI=1S/C10H9ClF3NO4/c1-18-9-8(19-10(12,13)14)6(3-11)5(4-15-9)2-7(16)17/h4H,2-3H2,1H3,(H,16,17). The Balaban J connectivity index is 3.32. The molecule has 106 valence electrons. The molecule has 1 N–H and O–H groups in total. The molecule has 0 aliphatic rings. The van der Waals surface area contributed by atoms with Gasteiger partial charge in [-0.1, -0.05) is 0 Å². The van der Waals surface area contributed by atoms with Crippen LogP contribution in [-0.2, 0) is 17.1 Å². The molecular formula is C10H9ClF3NO4. The summed E-state index contributed by atoms with van der Waals surface area (Å²) in [6.45, 7) is 0. The maximum Gasteiger partial charge on any atom is 0.573 e. The lowest BCUT2D eigenvalue weighted by molar-refractivity contribution is -0.275. The fourth-order valence-electron chi connectivity index (χ4n) is 1.38. The van der Waals surface area contributed by atoms with Gasteiger partial charge in [0.2, 0.25) is 0 Å². The summed E-state index contributed by atoms with van der Waals surface area (Å²) >= 11 is 5.55. The zero-order valence-corrected chi connectivity index (χ0v) is 10.4. The second-order valence-electron chi connectivity index (χ2n) is 3.35. The summed E-state index contributed by atoms with van der Waals surface area (Å²) in [6.07, 6.45) is -4.39. The topological polar surface area (TPSA) is 68.7 Å². The molecule has 0 bridgehead atoms. The van der Waals surface area contributed by atoms with Crippen molar-refractivity contribution in [1.29, 1.82) is 0 Å². The molecule has 1 rings (SSSR count). The fourth-order valence-corrected chi connectivity index (χ4v) is 1.67. The molecule has 19 heavy (non-hydrogen) atoms. The Bertz CT molecular complexity index is 479. The van der Waals surface area contributed by atoms with Crippen LogP contribution in [0.4, 0.5) is 13.2 Å². The van der Waals surface area contributed by atoms with Crippen LogP contribution in [0.3, 0.4) is 0 Å². The van der Waals surface area contributed by atoms with E-state index in [0.717, 1.165) is 13.3 Å². The van der Waals surface area contributed by atoms with Gasteiger partial charge < -0.3 is 14.6 Å². The van der Waals surface area contributed by atoms with E-state index in [1.165, 1.54) is 0 Å². The summed E-state index contributed by atoms with van der Waals surface area (Å²) in [7, 11) is 1.11. The van der Waals surface area contributed by atoms with E-state index in [1.807, 2.05) is 0 Å². The Morgan fingerprint density at radius 3 is 2.58 bits per heavy atom. The number of aliphatic carboxylic acids is 1. The Kier molecular flexibility index (Phi) is 4.82. The van der Waals surface area contributed by atoms with Gasteiger partial charge in [0.25, 0.3) is 5.88 Å². The van der Waals surface area contributed by atoms with Gasteiger partial charge in [-0.3, -0.25) is 4.79 Å². The van der Waals surface area contributed by atoms with E-state index in [2.05, 4.69) is 14.5 Å². The third kappa shape index (κ3) is 4.16. The number of ether oxygens (including phenoxy) is 2. The average molecular weight is 300 g/mol. The lowest BCUT2D eigenvalue weighted by Crippen LogP contribution is -2.20. The van der Waals surface area contributed by atoms with Gasteiger partial charge in [0.1, 0.15) is 0 Å². The number of hydrogen-bond acceptors (Lipinski definition) is 4. The molecule has 0 aliphatic heterocycles. The summed E-state index contributed by atoms with van der Waals surface area (Å²) in [6, 6.07) is 0. The van der Waals surface area contributed by atoms with Crippen molar-refractivity contribution in [3.05, 3.63) is 17.3 Å². The zero-order chi connectivity index (χ0) is 14.6. The first-order valence-corrected chi connectivity index (χ1v) is 5.40. The number of pyridine rings is 1. The number of carboxylic acid groups (broad SMARTS) is 1. The molecule has 1 heterocycles. The molecule has 0 aliphatic carbocycles. The third-order valence-electron chi connectivity index (χ3n) is 2.08. The first-order valence-electron chi connectivity index (χ1n) is 4.86. The number of halogens is 4. The van der Waals surface area contributed by atoms with E-state index in [0.29, 0.717) is 0 Å². The van der Waals surface area contributed by atoms with Crippen LogP contribution in [0.5, 0.6) is 11.6 Å². The second-order valence-corrected chi connectivity index (χ2v) is 3.62. The maximum atomic E-state index is 12.3. The van der Waals surface area contributed by atoms with Crippen LogP contribution in [-0.4, -0.2) is 29.5 Å². The van der Waals surface area contributed by atoms with Crippen molar-refractivity contribution >= 4 is 17.6 Å². The van der Waals surface area contributed by atoms with Gasteiger partial charge in [0.05, 0.1) is 19.4 Å². The summed E-state index contributed by atoms with van der Waals surface area (Å²) in [5.41, 5.74) is -0.0872. The summed E-state index contributed by atoms with van der Waals surface area (Å²) in [5, 5.41) is 8.67. The highest BCUT2D eigenvalue weighted by atomic mass is 35.5. The first kappa shape index (κ1) is 15.4. The molecule has 1 aromatic rings. The molecule has 0 saturated carbocycles. The number of aromatic nitrogens is 1. The highest BCUT2D eigenvalue weighted by molar-refractivity contribution is 6.17. The number of carboxylic acids is 1. The van der Waals surface area contributed by atoms with E-state index >= 15 is 0 Å². The van der Waals surface area contributed by atoms with Gasteiger partial charge >= 0.3 is 12.3 Å². The van der Waals surface area contributed by atoms with Crippen molar-refractivity contribution < 1.29 is 32.5 Å². The Morgan fingerprint density at radius 1 is 1.53 bits per heavy atom. The summed E-state index contributed by atoms with van der Waals surface area (Å²) in [5.74, 6) is -2.73. The molecule has 9 heteroatoms. The van der Waals surface area contributed by atoms with E-state index in [1.54, 1.807) is 0 Å². The molecule has 0 fully saturated rings. The van der Waals surface area contributed by atoms with Crippen molar-refractivity contribution in [3.63, 3.8) is 0 Å². The smallest absolute Gasteiger partial charge is 0.481 e. The molecule has 0 spiro atoms. The van der Waals surface area contributed by atoms with Crippen LogP contribution < -0.4 is 9.47 Å². The fraction of sp³-hybridized carbons (Fsp3) is 0.400. The SMILES string of the molecule is COc1ncc(CC(=O)O)c(CCl)c1OC(F)(F)F. The van der Waals surface area contributed by atoms with Crippen molar-refractivity contribution in [2.45, 2.75) is 18.7 Å². The van der Waals surface area contributed by atoms with Crippen molar-refractivity contribution in [2.75, 3.05) is 7.11 Å². The highest BCUT2D eigenvalue weighted by Crippen LogP contribution is 2.36. The quantitative estimate of drug-likeness (QED) is 0.845. The summed E-state index contributed by atoms with van der Waals surface area (Å²) < 4.78 is 45.4. The van der Waals surface area contributed by atoms with Crippen LogP contribution in [0.1, 0.15) is 11.1 Å². The minimum atomic E-state index is -4.96. The molecule has 0 atom stereocenters. The number of nitrogens with zero attached hydrogens (tertiary/aromatic N) is 1. The Morgan fingerprint density at radius 2 is 2.16 bits per heavy atom. The lowest BCUT2D eigenvalue weighted by Gasteiger charge is -2.16. The minimum Gasteiger partial charge on any atom is -0.481 e. The van der Waals surface area contributed by atoms with Crippen molar-refractivity contribution in [1.82, 2.24) is 4.98 Å². The maximum absolute atomic E-state index is 12.3. The Hall–Kier alpha value is -1.70. The van der Waals surface area contributed by atoms with Gasteiger partial charge in [-0.25, -0.2) is 4.98 Å². The van der Waals surface area contributed by atoms with Crippen LogP contribution in [0.2, 0.25) is 0 Å². The van der Waals surface area contributed by atoms with E-state index in [-0.39, 0.29) is 17.0 Å². The number of rotatable bonds is 5. The van der Waals surface area contributed by atoms with Crippen molar-refractivity contribution in [2.24, 2.45) is 0 Å². The first-order chi connectivity index (χ1) is 8.78. The van der Waals surface area contributed by atoms with Crippen LogP contribution in [0, 0.1) is 0 Å². The predicted octanol–water partition coefficient (Wildman–Crippen LogP) is 2.35. The van der Waals surface area contributed by atoms with Crippen molar-refractivity contribution in [3.8, 4) is 11.6 Å². The number of methoxy groups -OCH3 is 1. The van der Waals surface area contributed by atoms with Gasteiger partial charge in [-0.05, 0) is 5.56 Å². The zero-order valence-electron chi connectivity index (χ0n) is 9.62.